The highest BCUT2D eigenvalue weighted by Gasteiger charge is 2.33. The number of anilines is 3. The third kappa shape index (κ3) is 5.84. The first-order chi connectivity index (χ1) is 16.2. The molecule has 0 radical (unpaired) electrons. The minimum absolute atomic E-state index is 0.00119. The molecule has 8 nitrogen and oxygen atoms in total. The number of nitrogens with one attached hydrogen (secondary N) is 1. The van der Waals surface area contributed by atoms with Gasteiger partial charge in [0.25, 0.3) is 5.91 Å². The molecule has 188 valence electrons. The third-order valence-corrected chi connectivity index (χ3v) is 4.91. The minimum Gasteiger partial charge on any atom is -0.491 e. The second kappa shape index (κ2) is 9.47. The van der Waals surface area contributed by atoms with E-state index in [0.29, 0.717) is 23.6 Å². The summed E-state index contributed by atoms with van der Waals surface area (Å²) in [6.07, 6.45) is -4.63. The van der Waals surface area contributed by atoms with Crippen LogP contribution in [0.25, 0.3) is 11.3 Å². The average Bonchev–Trinajstić information content (AvgIpc) is 3.12. The fraction of sp³-hybridized carbons (Fsp3) is 0.375. The maximum atomic E-state index is 13.2. The van der Waals surface area contributed by atoms with Gasteiger partial charge in [-0.1, -0.05) is 26.0 Å². The van der Waals surface area contributed by atoms with E-state index >= 15 is 0 Å². The zero-order valence-corrected chi connectivity index (χ0v) is 20.2. The number of nitrogen functional groups attached to an aromatic ring is 1. The Morgan fingerprint density at radius 1 is 1.17 bits per heavy atom. The zero-order chi connectivity index (χ0) is 26.1. The van der Waals surface area contributed by atoms with Gasteiger partial charge < -0.3 is 21.5 Å². The van der Waals surface area contributed by atoms with Gasteiger partial charge in [-0.2, -0.15) is 18.3 Å². The highest BCUT2D eigenvalue weighted by atomic mass is 19.4. The van der Waals surface area contributed by atoms with Gasteiger partial charge in [0.05, 0.1) is 17.8 Å². The molecule has 0 saturated carbocycles. The molecule has 1 amide bonds. The summed E-state index contributed by atoms with van der Waals surface area (Å²) in [5.41, 5.74) is 11.2. The number of amides is 1. The monoisotopic (exact) mass is 490 g/mol. The first-order valence-electron chi connectivity index (χ1n) is 11.0. The molecule has 0 fully saturated rings. The van der Waals surface area contributed by atoms with Crippen molar-refractivity contribution in [2.75, 3.05) is 17.7 Å². The summed E-state index contributed by atoms with van der Waals surface area (Å²) in [5, 5.41) is 7.44. The number of carbonyl (C=O) groups excluding carboxylic acids is 1. The van der Waals surface area contributed by atoms with Crippen molar-refractivity contribution in [1.82, 2.24) is 14.8 Å². The number of ether oxygens (including phenoxy) is 1. The van der Waals surface area contributed by atoms with Gasteiger partial charge in [0.15, 0.2) is 0 Å². The lowest BCUT2D eigenvalue weighted by Crippen LogP contribution is -2.25. The summed E-state index contributed by atoms with van der Waals surface area (Å²) in [6, 6.07) is 8.41. The van der Waals surface area contributed by atoms with E-state index in [9.17, 15) is 18.0 Å². The Hall–Kier alpha value is -3.76. The Morgan fingerprint density at radius 3 is 2.43 bits per heavy atom. The van der Waals surface area contributed by atoms with Crippen molar-refractivity contribution in [1.29, 1.82) is 0 Å². The Kier molecular flexibility index (Phi) is 7.00. The molecule has 1 aromatic carbocycles. The standard InChI is InChI=1S/C24H29F3N6O2/c1-13(2)12-35-16-11-14(9-10-15(16)28)20-19(21(29)34)22(33(32-20)23(3,4)5)31-18-8-6-7-17(30-18)24(25,26)27/h6-11,13H,12,28H2,1-5H3,(H2,29,34)(H,30,31). The smallest absolute Gasteiger partial charge is 0.433 e. The number of alkyl halides is 3. The molecule has 2 heterocycles. The zero-order valence-electron chi connectivity index (χ0n) is 20.2. The van der Waals surface area contributed by atoms with Gasteiger partial charge in [-0.3, -0.25) is 4.79 Å². The highest BCUT2D eigenvalue weighted by Crippen LogP contribution is 2.37. The summed E-state index contributed by atoms with van der Waals surface area (Å²) < 4.78 is 46.9. The van der Waals surface area contributed by atoms with Crippen molar-refractivity contribution in [2.45, 2.75) is 46.3 Å². The van der Waals surface area contributed by atoms with Crippen molar-refractivity contribution in [3.8, 4) is 17.0 Å². The molecule has 0 unspecified atom stereocenters. The van der Waals surface area contributed by atoms with Gasteiger partial charge in [-0.25, -0.2) is 9.67 Å². The summed E-state index contributed by atoms with van der Waals surface area (Å²) in [7, 11) is 0. The SMILES string of the molecule is CC(C)COc1cc(-c2nn(C(C)(C)C)c(Nc3cccc(C(F)(F)F)n3)c2C(N)=O)ccc1N. The maximum absolute atomic E-state index is 13.2. The number of primary amides is 1. The maximum Gasteiger partial charge on any atom is 0.433 e. The number of benzene rings is 1. The first kappa shape index (κ1) is 25.9. The lowest BCUT2D eigenvalue weighted by atomic mass is 10.1. The Balaban J connectivity index is 2.18. The molecule has 0 saturated heterocycles. The van der Waals surface area contributed by atoms with Gasteiger partial charge in [0, 0.05) is 5.56 Å². The number of nitrogens with zero attached hydrogens (tertiary/aromatic N) is 3. The van der Waals surface area contributed by atoms with E-state index < -0.39 is 23.3 Å². The third-order valence-electron chi connectivity index (χ3n) is 4.91. The van der Waals surface area contributed by atoms with E-state index in [1.165, 1.54) is 16.8 Å². The van der Waals surface area contributed by atoms with E-state index in [1.54, 1.807) is 18.2 Å². The average molecular weight is 491 g/mol. The number of rotatable bonds is 7. The van der Waals surface area contributed by atoms with E-state index in [1.807, 2.05) is 34.6 Å². The summed E-state index contributed by atoms with van der Waals surface area (Å²) >= 11 is 0. The highest BCUT2D eigenvalue weighted by molar-refractivity contribution is 6.04. The summed E-state index contributed by atoms with van der Waals surface area (Å²) in [5.74, 6) is -0.127. The molecule has 5 N–H and O–H groups in total. The van der Waals surface area contributed by atoms with Gasteiger partial charge in [-0.15, -0.1) is 0 Å². The molecule has 0 atom stereocenters. The molecule has 0 spiro atoms. The summed E-state index contributed by atoms with van der Waals surface area (Å²) in [4.78, 5) is 16.3. The van der Waals surface area contributed by atoms with E-state index in [4.69, 9.17) is 16.2 Å². The van der Waals surface area contributed by atoms with Crippen LogP contribution in [-0.4, -0.2) is 27.3 Å². The number of aromatic nitrogens is 3. The number of carbonyl (C=O) groups is 1. The van der Waals surface area contributed by atoms with Crippen LogP contribution in [0.15, 0.2) is 36.4 Å². The van der Waals surface area contributed by atoms with Crippen LogP contribution in [-0.2, 0) is 11.7 Å². The van der Waals surface area contributed by atoms with Crippen LogP contribution in [0.4, 0.5) is 30.5 Å². The number of halogens is 3. The number of hydrogen-bond acceptors (Lipinski definition) is 6. The molecule has 2 aromatic heterocycles. The number of nitrogens with two attached hydrogens (primary N) is 2. The quantitative estimate of drug-likeness (QED) is 0.393. The lowest BCUT2D eigenvalue weighted by molar-refractivity contribution is -0.141. The fourth-order valence-corrected chi connectivity index (χ4v) is 3.30. The van der Waals surface area contributed by atoms with Crippen LogP contribution >= 0.6 is 0 Å². The van der Waals surface area contributed by atoms with Crippen molar-refractivity contribution in [3.05, 3.63) is 47.7 Å². The van der Waals surface area contributed by atoms with E-state index in [0.717, 1.165) is 6.07 Å². The van der Waals surface area contributed by atoms with Crippen molar-refractivity contribution < 1.29 is 22.7 Å². The van der Waals surface area contributed by atoms with Crippen LogP contribution < -0.4 is 21.5 Å². The van der Waals surface area contributed by atoms with Crippen LogP contribution in [0.2, 0.25) is 0 Å². The van der Waals surface area contributed by atoms with Crippen molar-refractivity contribution >= 4 is 23.2 Å². The molecule has 0 aliphatic carbocycles. The molecule has 3 aromatic rings. The second-order valence-electron chi connectivity index (χ2n) is 9.51. The Labute approximate surface area is 201 Å². The molecule has 0 aliphatic heterocycles. The van der Waals surface area contributed by atoms with Crippen molar-refractivity contribution in [3.63, 3.8) is 0 Å². The van der Waals surface area contributed by atoms with Crippen LogP contribution in [0.3, 0.4) is 0 Å². The predicted molar refractivity (Wildman–Crippen MR) is 128 cm³/mol. The lowest BCUT2D eigenvalue weighted by Gasteiger charge is -2.23. The van der Waals surface area contributed by atoms with Crippen LogP contribution in [0, 0.1) is 5.92 Å². The number of pyridine rings is 1. The Morgan fingerprint density at radius 2 is 1.86 bits per heavy atom. The van der Waals surface area contributed by atoms with E-state index in [2.05, 4.69) is 15.4 Å². The number of hydrogen-bond donors (Lipinski definition) is 3. The van der Waals surface area contributed by atoms with Crippen LogP contribution in [0.5, 0.6) is 5.75 Å². The molecule has 0 bridgehead atoms. The minimum atomic E-state index is -4.63. The normalized spacial score (nSPS) is 12.1. The van der Waals surface area contributed by atoms with Gasteiger partial charge in [0.2, 0.25) is 0 Å². The fourth-order valence-electron chi connectivity index (χ4n) is 3.30. The first-order valence-corrected chi connectivity index (χ1v) is 11.0. The summed E-state index contributed by atoms with van der Waals surface area (Å²) in [6.45, 7) is 9.92. The topological polar surface area (TPSA) is 121 Å². The van der Waals surface area contributed by atoms with E-state index in [-0.39, 0.29) is 28.8 Å². The molecule has 3 rings (SSSR count). The molecular formula is C24H29F3N6O2. The van der Waals surface area contributed by atoms with Gasteiger partial charge in [0.1, 0.15) is 34.3 Å². The molecule has 0 aliphatic rings. The van der Waals surface area contributed by atoms with Crippen molar-refractivity contribution in [2.24, 2.45) is 11.7 Å². The predicted octanol–water partition coefficient (Wildman–Crippen LogP) is 5.18. The van der Waals surface area contributed by atoms with Gasteiger partial charge in [-0.05, 0) is 51.0 Å². The molecule has 11 heteroatoms. The van der Waals surface area contributed by atoms with Gasteiger partial charge >= 0.3 is 6.18 Å². The van der Waals surface area contributed by atoms with Crippen LogP contribution in [0.1, 0.15) is 50.7 Å². The second-order valence-corrected chi connectivity index (χ2v) is 9.51. The molecule has 35 heavy (non-hydrogen) atoms. The Bertz CT molecular complexity index is 1230. The largest absolute Gasteiger partial charge is 0.491 e. The molecular weight excluding hydrogens is 461 g/mol.